The highest BCUT2D eigenvalue weighted by atomic mass is 32.2. The van der Waals surface area contributed by atoms with Crippen molar-refractivity contribution in [2.24, 2.45) is 5.92 Å². The molecule has 0 bridgehead atoms. The average Bonchev–Trinajstić information content (AvgIpc) is 2.93. The minimum absolute atomic E-state index is 0.0710. The van der Waals surface area contributed by atoms with Crippen molar-refractivity contribution in [2.75, 3.05) is 26.5 Å². The number of methoxy groups -OCH3 is 1. The SMILES string of the molecule is COc1ccc(CN2CCc3nnc([C@H](NS(C)(=O)=O)C(C)C)n3CC2)cc1. The molecule has 2 aromatic rings. The second-order valence-electron chi connectivity index (χ2n) is 7.61. The molecule has 0 saturated heterocycles. The number of aromatic nitrogens is 3. The Kier molecular flexibility index (Phi) is 6.36. The average molecular weight is 408 g/mol. The summed E-state index contributed by atoms with van der Waals surface area (Å²) in [4.78, 5) is 2.38. The summed E-state index contributed by atoms with van der Waals surface area (Å²) in [5, 5.41) is 8.68. The van der Waals surface area contributed by atoms with Crippen LogP contribution in [0.1, 0.15) is 37.1 Å². The van der Waals surface area contributed by atoms with Crippen molar-refractivity contribution in [1.82, 2.24) is 24.4 Å². The summed E-state index contributed by atoms with van der Waals surface area (Å²) >= 11 is 0. The van der Waals surface area contributed by atoms with Crippen molar-refractivity contribution in [3.63, 3.8) is 0 Å². The zero-order valence-electron chi connectivity index (χ0n) is 16.9. The van der Waals surface area contributed by atoms with Crippen LogP contribution in [0.4, 0.5) is 0 Å². The molecule has 1 aliphatic rings. The molecular formula is C19H29N5O3S. The molecule has 0 spiro atoms. The van der Waals surface area contributed by atoms with Crippen LogP contribution in [-0.2, 0) is 29.5 Å². The highest BCUT2D eigenvalue weighted by molar-refractivity contribution is 7.88. The number of rotatable bonds is 7. The van der Waals surface area contributed by atoms with Gasteiger partial charge in [0.05, 0.1) is 19.4 Å². The van der Waals surface area contributed by atoms with Gasteiger partial charge in [-0.25, -0.2) is 13.1 Å². The van der Waals surface area contributed by atoms with Crippen LogP contribution in [0.3, 0.4) is 0 Å². The van der Waals surface area contributed by atoms with Crippen LogP contribution in [0.15, 0.2) is 24.3 Å². The summed E-state index contributed by atoms with van der Waals surface area (Å²) in [6.45, 7) is 7.30. The second-order valence-corrected chi connectivity index (χ2v) is 9.39. The Hall–Kier alpha value is -1.97. The summed E-state index contributed by atoms with van der Waals surface area (Å²) in [7, 11) is -1.67. The van der Waals surface area contributed by atoms with Crippen molar-refractivity contribution < 1.29 is 13.2 Å². The molecule has 0 aliphatic carbocycles. The molecule has 1 aromatic carbocycles. The molecule has 0 unspecified atom stereocenters. The van der Waals surface area contributed by atoms with E-state index in [0.717, 1.165) is 44.2 Å². The summed E-state index contributed by atoms with van der Waals surface area (Å²) < 4.78 is 33.6. The Morgan fingerprint density at radius 2 is 1.86 bits per heavy atom. The van der Waals surface area contributed by atoms with Crippen LogP contribution in [0.2, 0.25) is 0 Å². The smallest absolute Gasteiger partial charge is 0.209 e. The Morgan fingerprint density at radius 3 is 2.46 bits per heavy atom. The quantitative estimate of drug-likeness (QED) is 0.750. The lowest BCUT2D eigenvalue weighted by atomic mass is 10.1. The van der Waals surface area contributed by atoms with Crippen LogP contribution in [0.5, 0.6) is 5.75 Å². The van der Waals surface area contributed by atoms with Gasteiger partial charge in [0.2, 0.25) is 10.0 Å². The number of benzene rings is 1. The molecule has 0 amide bonds. The monoisotopic (exact) mass is 407 g/mol. The number of hydrogen-bond donors (Lipinski definition) is 1. The van der Waals surface area contributed by atoms with E-state index in [1.807, 2.05) is 26.0 Å². The van der Waals surface area contributed by atoms with Gasteiger partial charge in [-0.3, -0.25) is 4.90 Å². The van der Waals surface area contributed by atoms with Crippen molar-refractivity contribution in [2.45, 2.75) is 39.4 Å². The number of hydrogen-bond acceptors (Lipinski definition) is 6. The maximum Gasteiger partial charge on any atom is 0.209 e. The van der Waals surface area contributed by atoms with Gasteiger partial charge in [0.1, 0.15) is 11.6 Å². The van der Waals surface area contributed by atoms with E-state index in [1.165, 1.54) is 11.8 Å². The van der Waals surface area contributed by atoms with Crippen LogP contribution in [0.25, 0.3) is 0 Å². The van der Waals surface area contributed by atoms with Crippen molar-refractivity contribution in [3.8, 4) is 5.75 Å². The normalized spacial score (nSPS) is 16.6. The molecule has 1 aromatic heterocycles. The van der Waals surface area contributed by atoms with Crippen molar-refractivity contribution in [3.05, 3.63) is 41.5 Å². The molecule has 1 atom stereocenters. The van der Waals surface area contributed by atoms with E-state index in [9.17, 15) is 8.42 Å². The maximum absolute atomic E-state index is 11.8. The van der Waals surface area contributed by atoms with Crippen LogP contribution in [-0.4, -0.2) is 54.5 Å². The Bertz CT molecular complexity index is 893. The summed E-state index contributed by atoms with van der Waals surface area (Å²) in [6.07, 6.45) is 1.96. The van der Waals surface area contributed by atoms with Gasteiger partial charge < -0.3 is 9.30 Å². The molecule has 3 rings (SSSR count). The minimum Gasteiger partial charge on any atom is -0.497 e. The first-order chi connectivity index (χ1) is 13.3. The van der Waals surface area contributed by atoms with Gasteiger partial charge in [0.15, 0.2) is 5.82 Å². The Labute approximate surface area is 167 Å². The fourth-order valence-electron chi connectivity index (χ4n) is 3.48. The molecule has 2 heterocycles. The highest BCUT2D eigenvalue weighted by Crippen LogP contribution is 2.23. The van der Waals surface area contributed by atoms with E-state index in [0.29, 0.717) is 5.82 Å². The standard InChI is InChI=1S/C19H29N5O3S/c1-14(2)18(22-28(4,25)26)19-21-20-17-9-10-23(11-12-24(17)19)13-15-5-7-16(27-3)8-6-15/h5-8,14,18,22H,9-13H2,1-4H3/t18-/m1/s1. The van der Waals surface area contributed by atoms with Gasteiger partial charge in [-0.15, -0.1) is 10.2 Å². The summed E-state index contributed by atoms with van der Waals surface area (Å²) in [5.41, 5.74) is 1.23. The summed E-state index contributed by atoms with van der Waals surface area (Å²) in [5.74, 6) is 2.53. The zero-order chi connectivity index (χ0) is 20.3. The zero-order valence-corrected chi connectivity index (χ0v) is 17.7. The highest BCUT2D eigenvalue weighted by Gasteiger charge is 2.28. The van der Waals surface area contributed by atoms with Crippen molar-refractivity contribution in [1.29, 1.82) is 0 Å². The first kappa shape index (κ1) is 20.8. The topological polar surface area (TPSA) is 89.3 Å². The Morgan fingerprint density at radius 1 is 1.14 bits per heavy atom. The lowest BCUT2D eigenvalue weighted by Crippen LogP contribution is -2.33. The fraction of sp³-hybridized carbons (Fsp3) is 0.579. The molecule has 0 radical (unpaired) electrons. The van der Waals surface area contributed by atoms with E-state index >= 15 is 0 Å². The van der Waals surface area contributed by atoms with E-state index in [-0.39, 0.29) is 12.0 Å². The first-order valence-electron chi connectivity index (χ1n) is 9.51. The molecule has 1 N–H and O–H groups in total. The Balaban J connectivity index is 1.73. The molecule has 154 valence electrons. The lowest BCUT2D eigenvalue weighted by molar-refractivity contribution is 0.268. The van der Waals surface area contributed by atoms with Gasteiger partial charge in [-0.05, 0) is 23.6 Å². The maximum atomic E-state index is 11.8. The van der Waals surface area contributed by atoms with Crippen LogP contribution < -0.4 is 9.46 Å². The van der Waals surface area contributed by atoms with E-state index < -0.39 is 10.0 Å². The molecule has 0 saturated carbocycles. The minimum atomic E-state index is -3.34. The third kappa shape index (κ3) is 5.09. The van der Waals surface area contributed by atoms with Gasteiger partial charge in [-0.1, -0.05) is 26.0 Å². The van der Waals surface area contributed by atoms with Gasteiger partial charge in [-0.2, -0.15) is 0 Å². The van der Waals surface area contributed by atoms with Gasteiger partial charge >= 0.3 is 0 Å². The molecule has 28 heavy (non-hydrogen) atoms. The number of sulfonamides is 1. The van der Waals surface area contributed by atoms with Gasteiger partial charge in [0, 0.05) is 32.6 Å². The molecule has 9 heteroatoms. The molecule has 8 nitrogen and oxygen atoms in total. The summed E-state index contributed by atoms with van der Waals surface area (Å²) in [6, 6.07) is 7.74. The fourth-order valence-corrected chi connectivity index (χ4v) is 4.32. The van der Waals surface area contributed by atoms with E-state index in [1.54, 1.807) is 7.11 Å². The predicted molar refractivity (Wildman–Crippen MR) is 108 cm³/mol. The number of nitrogens with one attached hydrogen (secondary N) is 1. The molecule has 1 aliphatic heterocycles. The third-order valence-electron chi connectivity index (χ3n) is 5.00. The third-order valence-corrected chi connectivity index (χ3v) is 5.68. The lowest BCUT2D eigenvalue weighted by Gasteiger charge is -2.22. The predicted octanol–water partition coefficient (Wildman–Crippen LogP) is 1.59. The van der Waals surface area contributed by atoms with E-state index in [4.69, 9.17) is 4.74 Å². The van der Waals surface area contributed by atoms with Crippen LogP contribution in [0, 0.1) is 5.92 Å². The number of ether oxygens (including phenoxy) is 1. The van der Waals surface area contributed by atoms with Gasteiger partial charge in [0.25, 0.3) is 0 Å². The molecule has 0 fully saturated rings. The molecular weight excluding hydrogens is 378 g/mol. The number of fused-ring (bicyclic) bond motifs is 1. The number of nitrogens with zero attached hydrogens (tertiary/aromatic N) is 4. The first-order valence-corrected chi connectivity index (χ1v) is 11.4. The van der Waals surface area contributed by atoms with Crippen molar-refractivity contribution >= 4 is 10.0 Å². The van der Waals surface area contributed by atoms with E-state index in [2.05, 4.69) is 36.5 Å². The largest absolute Gasteiger partial charge is 0.497 e. The second kappa shape index (κ2) is 8.59. The van der Waals surface area contributed by atoms with Crippen LogP contribution >= 0.6 is 0 Å².